The van der Waals surface area contributed by atoms with Gasteiger partial charge in [0.1, 0.15) is 0 Å². The van der Waals surface area contributed by atoms with Crippen molar-refractivity contribution in [1.82, 2.24) is 4.90 Å². The molecule has 0 radical (unpaired) electrons. The van der Waals surface area contributed by atoms with Gasteiger partial charge in [0.25, 0.3) is 5.91 Å². The molecule has 2 aromatic carbocycles. The molecule has 0 fully saturated rings. The van der Waals surface area contributed by atoms with E-state index in [9.17, 15) is 13.2 Å². The lowest BCUT2D eigenvalue weighted by atomic mass is 9.86. The van der Waals surface area contributed by atoms with Crippen molar-refractivity contribution in [2.45, 2.75) is 32.7 Å². The number of hydrogen-bond acceptors (Lipinski definition) is 6. The predicted molar refractivity (Wildman–Crippen MR) is 120 cm³/mol. The smallest absolute Gasteiger partial charge is 0.306 e. The first kappa shape index (κ1) is 24.7. The molecule has 0 saturated heterocycles. The third kappa shape index (κ3) is 7.25. The summed E-state index contributed by atoms with van der Waals surface area (Å²) in [5.41, 5.74) is 2.42. The maximum Gasteiger partial charge on any atom is 0.306 e. The maximum absolute atomic E-state index is 13.2. The van der Waals surface area contributed by atoms with Crippen LogP contribution in [0, 0.1) is 0 Å². The SMILES string of the molecule is COCCN(Cc1ccc(OC)c(OS(C)(=O)=O)c1)C(=O)c1ccc(C(C)(C)C)cc1. The van der Waals surface area contributed by atoms with Gasteiger partial charge in [-0.1, -0.05) is 39.0 Å². The second kappa shape index (κ2) is 10.2. The van der Waals surface area contributed by atoms with Crippen LogP contribution in [0.5, 0.6) is 11.5 Å². The van der Waals surface area contributed by atoms with Crippen LogP contribution in [-0.2, 0) is 26.8 Å². The van der Waals surface area contributed by atoms with E-state index >= 15 is 0 Å². The van der Waals surface area contributed by atoms with Crippen molar-refractivity contribution in [2.24, 2.45) is 0 Å². The zero-order valence-corrected chi connectivity index (χ0v) is 19.8. The van der Waals surface area contributed by atoms with Gasteiger partial charge in [-0.05, 0) is 40.8 Å². The average Bonchev–Trinajstić information content (AvgIpc) is 2.69. The molecule has 0 atom stereocenters. The van der Waals surface area contributed by atoms with E-state index in [4.69, 9.17) is 13.7 Å². The highest BCUT2D eigenvalue weighted by atomic mass is 32.2. The minimum absolute atomic E-state index is 0.00355. The van der Waals surface area contributed by atoms with Gasteiger partial charge in [-0.2, -0.15) is 8.42 Å². The molecular formula is C23H31NO6S. The molecule has 0 aliphatic rings. The van der Waals surface area contributed by atoms with Gasteiger partial charge in [-0.15, -0.1) is 0 Å². The van der Waals surface area contributed by atoms with E-state index in [1.54, 1.807) is 30.2 Å². The number of benzene rings is 2. The summed E-state index contributed by atoms with van der Waals surface area (Å²) in [5.74, 6) is 0.233. The van der Waals surface area contributed by atoms with Crippen LogP contribution < -0.4 is 8.92 Å². The predicted octanol–water partition coefficient (Wildman–Crippen LogP) is 3.62. The fraction of sp³-hybridized carbons (Fsp3) is 0.435. The highest BCUT2D eigenvalue weighted by Gasteiger charge is 2.20. The van der Waals surface area contributed by atoms with Gasteiger partial charge in [0.15, 0.2) is 11.5 Å². The number of hydrogen-bond donors (Lipinski definition) is 0. The summed E-state index contributed by atoms with van der Waals surface area (Å²) in [4.78, 5) is 14.8. The molecule has 1 amide bonds. The van der Waals surface area contributed by atoms with Crippen LogP contribution in [-0.4, -0.2) is 52.9 Å². The molecule has 0 bridgehead atoms. The van der Waals surface area contributed by atoms with E-state index < -0.39 is 10.1 Å². The molecule has 2 aromatic rings. The van der Waals surface area contributed by atoms with Gasteiger partial charge in [0.2, 0.25) is 0 Å². The van der Waals surface area contributed by atoms with Gasteiger partial charge in [-0.25, -0.2) is 0 Å². The highest BCUT2D eigenvalue weighted by Crippen LogP contribution is 2.30. The standard InChI is InChI=1S/C23H31NO6S/c1-23(2,3)19-10-8-18(9-11-19)22(25)24(13-14-28-4)16-17-7-12-20(29-5)21(15-17)30-31(6,26)27/h7-12,15H,13-14,16H2,1-6H3. The molecule has 0 aliphatic carbocycles. The van der Waals surface area contributed by atoms with E-state index in [0.29, 0.717) is 30.0 Å². The molecular weight excluding hydrogens is 418 g/mol. The number of carbonyl (C=O) groups is 1. The fourth-order valence-corrected chi connectivity index (χ4v) is 3.47. The summed E-state index contributed by atoms with van der Waals surface area (Å²) < 4.78 is 38.5. The van der Waals surface area contributed by atoms with E-state index in [2.05, 4.69) is 20.8 Å². The Hall–Kier alpha value is -2.58. The molecule has 0 saturated carbocycles. The van der Waals surface area contributed by atoms with E-state index in [-0.39, 0.29) is 23.6 Å². The molecule has 0 N–H and O–H groups in total. The lowest BCUT2D eigenvalue weighted by Crippen LogP contribution is -2.33. The molecule has 0 heterocycles. The molecule has 0 unspecified atom stereocenters. The Labute approximate surface area is 185 Å². The summed E-state index contributed by atoms with van der Waals surface area (Å²) >= 11 is 0. The minimum Gasteiger partial charge on any atom is -0.493 e. The second-order valence-corrected chi connectivity index (χ2v) is 9.89. The topological polar surface area (TPSA) is 82.1 Å². The van der Waals surface area contributed by atoms with Gasteiger partial charge in [0, 0.05) is 25.8 Å². The molecule has 170 valence electrons. The van der Waals surface area contributed by atoms with Gasteiger partial charge < -0.3 is 18.6 Å². The van der Waals surface area contributed by atoms with Crippen LogP contribution in [0.4, 0.5) is 0 Å². The lowest BCUT2D eigenvalue weighted by Gasteiger charge is -2.24. The zero-order valence-electron chi connectivity index (χ0n) is 19.0. The Morgan fingerprint density at radius 2 is 1.65 bits per heavy atom. The van der Waals surface area contributed by atoms with Crippen LogP contribution >= 0.6 is 0 Å². The number of amides is 1. The van der Waals surface area contributed by atoms with Crippen LogP contribution in [0.25, 0.3) is 0 Å². The lowest BCUT2D eigenvalue weighted by molar-refractivity contribution is 0.0680. The molecule has 2 rings (SSSR count). The normalized spacial score (nSPS) is 11.8. The van der Waals surface area contributed by atoms with E-state index in [1.807, 2.05) is 24.3 Å². The molecule has 8 heteroatoms. The molecule has 31 heavy (non-hydrogen) atoms. The van der Waals surface area contributed by atoms with Crippen molar-refractivity contribution in [3.8, 4) is 11.5 Å². The van der Waals surface area contributed by atoms with Crippen molar-refractivity contribution in [3.63, 3.8) is 0 Å². The zero-order chi connectivity index (χ0) is 23.2. The third-order valence-electron chi connectivity index (χ3n) is 4.69. The Morgan fingerprint density at radius 1 is 1.00 bits per heavy atom. The number of methoxy groups -OCH3 is 2. The second-order valence-electron chi connectivity index (χ2n) is 8.32. The molecule has 0 aliphatic heterocycles. The molecule has 7 nitrogen and oxygen atoms in total. The average molecular weight is 450 g/mol. The van der Waals surface area contributed by atoms with Crippen molar-refractivity contribution in [1.29, 1.82) is 0 Å². The van der Waals surface area contributed by atoms with Crippen molar-refractivity contribution < 1.29 is 26.9 Å². The van der Waals surface area contributed by atoms with Crippen molar-refractivity contribution in [3.05, 3.63) is 59.2 Å². The van der Waals surface area contributed by atoms with Crippen LogP contribution in [0.2, 0.25) is 0 Å². The Morgan fingerprint density at radius 3 is 2.16 bits per heavy atom. The summed E-state index contributed by atoms with van der Waals surface area (Å²) in [7, 11) is -0.719. The minimum atomic E-state index is -3.73. The summed E-state index contributed by atoms with van der Waals surface area (Å²) in [6.45, 7) is 7.37. The van der Waals surface area contributed by atoms with Crippen LogP contribution in [0.3, 0.4) is 0 Å². The number of ether oxygens (including phenoxy) is 2. The molecule has 0 spiro atoms. The summed E-state index contributed by atoms with van der Waals surface area (Å²) in [6, 6.07) is 12.5. The highest BCUT2D eigenvalue weighted by molar-refractivity contribution is 7.86. The summed E-state index contributed by atoms with van der Waals surface area (Å²) in [5, 5.41) is 0. The number of rotatable bonds is 9. The molecule has 0 aromatic heterocycles. The number of nitrogens with zero attached hydrogens (tertiary/aromatic N) is 1. The largest absolute Gasteiger partial charge is 0.493 e. The van der Waals surface area contributed by atoms with Gasteiger partial charge >= 0.3 is 10.1 Å². The Bertz CT molecular complexity index is 994. The Kier molecular flexibility index (Phi) is 8.08. The first-order chi connectivity index (χ1) is 14.4. The summed E-state index contributed by atoms with van der Waals surface area (Å²) in [6.07, 6.45) is 0.967. The third-order valence-corrected chi connectivity index (χ3v) is 5.18. The maximum atomic E-state index is 13.2. The van der Waals surface area contributed by atoms with Crippen LogP contribution in [0.1, 0.15) is 42.3 Å². The first-order valence-corrected chi connectivity index (χ1v) is 11.7. The van der Waals surface area contributed by atoms with Crippen LogP contribution in [0.15, 0.2) is 42.5 Å². The van der Waals surface area contributed by atoms with Gasteiger partial charge in [0.05, 0.1) is 20.0 Å². The fourth-order valence-electron chi connectivity index (χ4n) is 3.02. The van der Waals surface area contributed by atoms with E-state index in [1.165, 1.54) is 7.11 Å². The van der Waals surface area contributed by atoms with Crippen molar-refractivity contribution in [2.75, 3.05) is 33.6 Å². The van der Waals surface area contributed by atoms with Gasteiger partial charge in [-0.3, -0.25) is 4.79 Å². The van der Waals surface area contributed by atoms with Crippen molar-refractivity contribution >= 4 is 16.0 Å². The van der Waals surface area contributed by atoms with E-state index in [0.717, 1.165) is 11.8 Å². The first-order valence-electron chi connectivity index (χ1n) is 9.89. The quantitative estimate of drug-likeness (QED) is 0.544. The number of carbonyl (C=O) groups excluding carboxylic acids is 1. The Balaban J connectivity index is 2.30. The monoisotopic (exact) mass is 449 g/mol.